The number of unbranched alkanes of at least 4 members (excludes halogenated alkanes) is 1. The minimum absolute atomic E-state index is 0.0532. The molecule has 3 rings (SSSR count). The van der Waals surface area contributed by atoms with Crippen molar-refractivity contribution >= 4 is 23.7 Å². The Labute approximate surface area is 161 Å². The van der Waals surface area contributed by atoms with Crippen LogP contribution in [0, 0.1) is 6.92 Å². The van der Waals surface area contributed by atoms with Crippen LogP contribution < -0.4 is 5.32 Å². The molecule has 0 spiro atoms. The number of carbonyl (C=O) groups is 4. The molecule has 144 valence electrons. The molecular weight excluding hydrogens is 362 g/mol. The second kappa shape index (κ2) is 7.99. The van der Waals surface area contributed by atoms with Gasteiger partial charge in [0.05, 0.1) is 22.4 Å². The Hall–Kier alpha value is -3.55. The zero-order valence-electron chi connectivity index (χ0n) is 15.3. The van der Waals surface area contributed by atoms with Gasteiger partial charge in [0.2, 0.25) is 0 Å². The number of nitrogens with one attached hydrogen (secondary N) is 1. The Kier molecular flexibility index (Phi) is 5.49. The summed E-state index contributed by atoms with van der Waals surface area (Å²) in [6.07, 6.45) is 1.13. The van der Waals surface area contributed by atoms with Crippen LogP contribution in [-0.4, -0.2) is 51.8 Å². The van der Waals surface area contributed by atoms with E-state index in [1.807, 2.05) is 0 Å². The van der Waals surface area contributed by atoms with E-state index >= 15 is 0 Å². The highest BCUT2D eigenvalue weighted by molar-refractivity contribution is 6.21. The van der Waals surface area contributed by atoms with Crippen molar-refractivity contribution in [2.24, 2.45) is 0 Å². The van der Waals surface area contributed by atoms with Crippen LogP contribution in [0.4, 0.5) is 0 Å². The minimum atomic E-state index is -1.09. The number of imide groups is 1. The quantitative estimate of drug-likeness (QED) is 0.559. The monoisotopic (exact) mass is 381 g/mol. The number of hydrogen-bond acceptors (Lipinski definition) is 5. The van der Waals surface area contributed by atoms with Crippen molar-refractivity contribution in [2.45, 2.75) is 19.8 Å². The van der Waals surface area contributed by atoms with Gasteiger partial charge in [-0.25, -0.2) is 9.78 Å². The lowest BCUT2D eigenvalue weighted by atomic mass is 10.1. The fourth-order valence-electron chi connectivity index (χ4n) is 3.04. The van der Waals surface area contributed by atoms with Crippen LogP contribution in [0.2, 0.25) is 0 Å². The lowest BCUT2D eigenvalue weighted by Crippen LogP contribution is -2.31. The summed E-state index contributed by atoms with van der Waals surface area (Å²) < 4.78 is 0. The van der Waals surface area contributed by atoms with E-state index in [4.69, 9.17) is 5.11 Å². The number of nitrogens with zero attached hydrogens (tertiary/aromatic N) is 2. The van der Waals surface area contributed by atoms with Gasteiger partial charge in [-0.2, -0.15) is 0 Å². The molecule has 2 heterocycles. The highest BCUT2D eigenvalue weighted by atomic mass is 16.4. The summed E-state index contributed by atoms with van der Waals surface area (Å²) in [5, 5.41) is 11.7. The Morgan fingerprint density at radius 3 is 2.25 bits per heavy atom. The van der Waals surface area contributed by atoms with Gasteiger partial charge in [0.15, 0.2) is 0 Å². The van der Waals surface area contributed by atoms with Crippen LogP contribution in [-0.2, 0) is 0 Å². The summed E-state index contributed by atoms with van der Waals surface area (Å²) in [7, 11) is 0. The maximum Gasteiger partial charge on any atom is 0.337 e. The fourth-order valence-corrected chi connectivity index (χ4v) is 3.04. The highest BCUT2D eigenvalue weighted by Crippen LogP contribution is 2.22. The first-order valence-electron chi connectivity index (χ1n) is 8.84. The summed E-state index contributed by atoms with van der Waals surface area (Å²) in [5.74, 6) is -2.07. The molecule has 2 N–H and O–H groups in total. The molecule has 1 aromatic carbocycles. The standard InChI is InChI=1S/C20H19N3O5/c1-12-13(20(27)28)8-9-16(22-12)17(24)21-10-4-5-11-23-18(25)14-6-2-3-7-15(14)19(23)26/h2-3,6-9H,4-5,10-11H2,1H3,(H,21,24)(H,27,28). The Morgan fingerprint density at radius 1 is 1.04 bits per heavy atom. The number of carbonyl (C=O) groups excluding carboxylic acids is 3. The second-order valence-electron chi connectivity index (χ2n) is 6.41. The number of hydrogen-bond donors (Lipinski definition) is 2. The maximum atomic E-state index is 12.3. The average molecular weight is 381 g/mol. The van der Waals surface area contributed by atoms with Crippen molar-refractivity contribution in [2.75, 3.05) is 13.1 Å². The van der Waals surface area contributed by atoms with Crippen LogP contribution in [0.15, 0.2) is 36.4 Å². The van der Waals surface area contributed by atoms with Gasteiger partial charge in [0.1, 0.15) is 5.69 Å². The number of aryl methyl sites for hydroxylation is 1. The number of carboxylic acids is 1. The first-order chi connectivity index (χ1) is 13.4. The van der Waals surface area contributed by atoms with Crippen LogP contribution in [0.3, 0.4) is 0 Å². The highest BCUT2D eigenvalue weighted by Gasteiger charge is 2.34. The summed E-state index contributed by atoms with van der Waals surface area (Å²) in [6, 6.07) is 9.44. The largest absolute Gasteiger partial charge is 0.478 e. The van der Waals surface area contributed by atoms with E-state index in [2.05, 4.69) is 10.3 Å². The summed E-state index contributed by atoms with van der Waals surface area (Å²) in [6.45, 7) is 2.17. The molecule has 0 aliphatic carbocycles. The van der Waals surface area contributed by atoms with Crippen LogP contribution in [0.1, 0.15) is 60.1 Å². The molecule has 3 amide bonds. The molecule has 0 unspecified atom stereocenters. The smallest absolute Gasteiger partial charge is 0.337 e. The third kappa shape index (κ3) is 3.75. The van der Waals surface area contributed by atoms with E-state index in [-0.39, 0.29) is 35.3 Å². The minimum Gasteiger partial charge on any atom is -0.478 e. The van der Waals surface area contributed by atoms with Crippen molar-refractivity contribution in [3.05, 3.63) is 64.5 Å². The molecule has 0 saturated carbocycles. The molecule has 1 aliphatic rings. The molecule has 28 heavy (non-hydrogen) atoms. The zero-order valence-corrected chi connectivity index (χ0v) is 15.3. The molecule has 8 heteroatoms. The lowest BCUT2D eigenvalue weighted by molar-refractivity contribution is 0.0647. The zero-order chi connectivity index (χ0) is 20.3. The predicted molar refractivity (Wildman–Crippen MR) is 99.3 cm³/mol. The van der Waals surface area contributed by atoms with Crippen molar-refractivity contribution in [1.82, 2.24) is 15.2 Å². The number of pyridine rings is 1. The molecule has 0 fully saturated rings. The average Bonchev–Trinajstić information content (AvgIpc) is 2.92. The maximum absolute atomic E-state index is 12.3. The molecule has 8 nitrogen and oxygen atoms in total. The molecule has 0 bridgehead atoms. The molecule has 0 saturated heterocycles. The number of carboxylic acid groups (broad SMARTS) is 1. The van der Waals surface area contributed by atoms with Crippen molar-refractivity contribution in [3.63, 3.8) is 0 Å². The summed E-state index contributed by atoms with van der Waals surface area (Å²) in [4.78, 5) is 52.8. The van der Waals surface area contributed by atoms with E-state index in [0.29, 0.717) is 30.5 Å². The Bertz CT molecular complexity index is 935. The van der Waals surface area contributed by atoms with Gasteiger partial charge in [0, 0.05) is 13.1 Å². The van der Waals surface area contributed by atoms with Crippen molar-refractivity contribution in [3.8, 4) is 0 Å². The third-order valence-corrected chi connectivity index (χ3v) is 4.52. The number of fused-ring (bicyclic) bond motifs is 1. The van der Waals surface area contributed by atoms with Crippen molar-refractivity contribution in [1.29, 1.82) is 0 Å². The van der Waals surface area contributed by atoms with Crippen molar-refractivity contribution < 1.29 is 24.3 Å². The number of benzene rings is 1. The topological polar surface area (TPSA) is 117 Å². The van der Waals surface area contributed by atoms with E-state index in [9.17, 15) is 19.2 Å². The molecule has 1 aliphatic heterocycles. The summed E-state index contributed by atoms with van der Waals surface area (Å²) >= 11 is 0. The number of aromatic nitrogens is 1. The molecule has 1 aromatic heterocycles. The molecular formula is C20H19N3O5. The second-order valence-corrected chi connectivity index (χ2v) is 6.41. The molecule has 0 atom stereocenters. The van der Waals surface area contributed by atoms with Gasteiger partial charge in [-0.3, -0.25) is 19.3 Å². The Balaban J connectivity index is 1.46. The van der Waals surface area contributed by atoms with Gasteiger partial charge >= 0.3 is 5.97 Å². The van der Waals surface area contributed by atoms with Gasteiger partial charge in [0.25, 0.3) is 17.7 Å². The first kappa shape index (κ1) is 19.2. The van der Waals surface area contributed by atoms with Crippen LogP contribution in [0.25, 0.3) is 0 Å². The SMILES string of the molecule is Cc1nc(C(=O)NCCCCN2C(=O)c3ccccc3C2=O)ccc1C(=O)O. The third-order valence-electron chi connectivity index (χ3n) is 4.52. The molecule has 2 aromatic rings. The normalized spacial score (nSPS) is 12.8. The lowest BCUT2D eigenvalue weighted by Gasteiger charge is -2.13. The van der Waals surface area contributed by atoms with E-state index < -0.39 is 11.9 Å². The number of amides is 3. The van der Waals surface area contributed by atoms with Crippen LogP contribution >= 0.6 is 0 Å². The van der Waals surface area contributed by atoms with Crippen LogP contribution in [0.5, 0.6) is 0 Å². The van der Waals surface area contributed by atoms with E-state index in [1.165, 1.54) is 24.0 Å². The Morgan fingerprint density at radius 2 is 1.68 bits per heavy atom. The van der Waals surface area contributed by atoms with Gasteiger partial charge < -0.3 is 10.4 Å². The predicted octanol–water partition coefficient (Wildman–Crippen LogP) is 1.89. The van der Waals surface area contributed by atoms with E-state index in [0.717, 1.165) is 0 Å². The first-order valence-corrected chi connectivity index (χ1v) is 8.84. The summed E-state index contributed by atoms with van der Waals surface area (Å²) in [5.41, 5.74) is 1.31. The van der Waals surface area contributed by atoms with E-state index in [1.54, 1.807) is 24.3 Å². The molecule has 0 radical (unpaired) electrons. The van der Waals surface area contributed by atoms with Gasteiger partial charge in [-0.05, 0) is 44.0 Å². The number of aromatic carboxylic acids is 1. The fraction of sp³-hybridized carbons (Fsp3) is 0.250. The number of rotatable bonds is 7. The van der Waals surface area contributed by atoms with Gasteiger partial charge in [-0.1, -0.05) is 12.1 Å². The van der Waals surface area contributed by atoms with Gasteiger partial charge in [-0.15, -0.1) is 0 Å².